The van der Waals surface area contributed by atoms with Gasteiger partial charge in [0.2, 0.25) is 0 Å². The van der Waals surface area contributed by atoms with E-state index in [1.54, 1.807) is 18.2 Å². The van der Waals surface area contributed by atoms with Gasteiger partial charge in [-0.2, -0.15) is 0 Å². The molecular formula is C14H23NO3S. The maximum absolute atomic E-state index is 12.0. The molecule has 108 valence electrons. The first-order chi connectivity index (χ1) is 8.75. The van der Waals surface area contributed by atoms with Gasteiger partial charge in [-0.15, -0.1) is 0 Å². The van der Waals surface area contributed by atoms with Crippen molar-refractivity contribution in [2.75, 3.05) is 26.9 Å². The van der Waals surface area contributed by atoms with E-state index in [1.807, 2.05) is 32.0 Å². The molecular weight excluding hydrogens is 262 g/mol. The Hall–Kier alpha value is -1.07. The van der Waals surface area contributed by atoms with Gasteiger partial charge in [-0.05, 0) is 38.2 Å². The van der Waals surface area contributed by atoms with Crippen molar-refractivity contribution < 1.29 is 13.5 Å². The molecule has 0 spiro atoms. The molecule has 0 aliphatic heterocycles. The molecule has 1 rings (SSSR count). The van der Waals surface area contributed by atoms with Crippen molar-refractivity contribution in [2.45, 2.75) is 24.5 Å². The molecule has 0 amide bonds. The molecule has 0 heterocycles. The van der Waals surface area contributed by atoms with Crippen LogP contribution >= 0.6 is 0 Å². The third kappa shape index (κ3) is 4.51. The maximum Gasteiger partial charge on any atom is 0.152 e. The van der Waals surface area contributed by atoms with Crippen molar-refractivity contribution in [3.05, 3.63) is 29.8 Å². The first-order valence-electron chi connectivity index (χ1n) is 6.38. The predicted octanol–water partition coefficient (Wildman–Crippen LogP) is 1.86. The Morgan fingerprint density at radius 3 is 2.37 bits per heavy atom. The summed E-state index contributed by atoms with van der Waals surface area (Å²) in [5, 5.41) is 9.10. The van der Waals surface area contributed by atoms with Gasteiger partial charge in [-0.3, -0.25) is 0 Å². The van der Waals surface area contributed by atoms with Crippen molar-refractivity contribution in [3.8, 4) is 5.75 Å². The lowest BCUT2D eigenvalue weighted by molar-refractivity contribution is 0.376. The Morgan fingerprint density at radius 2 is 1.95 bits per heavy atom. The predicted molar refractivity (Wildman–Crippen MR) is 78.3 cm³/mol. The van der Waals surface area contributed by atoms with E-state index in [4.69, 9.17) is 0 Å². The summed E-state index contributed by atoms with van der Waals surface area (Å²) in [7, 11) is 0.581. The second kappa shape index (κ2) is 6.39. The second-order valence-electron chi connectivity index (χ2n) is 5.24. The van der Waals surface area contributed by atoms with Gasteiger partial charge in [0, 0.05) is 18.7 Å². The molecule has 0 saturated carbocycles. The zero-order chi connectivity index (χ0) is 14.6. The fourth-order valence-corrected chi connectivity index (χ4v) is 3.90. The van der Waals surface area contributed by atoms with Crippen LogP contribution in [-0.2, 0) is 9.84 Å². The topological polar surface area (TPSA) is 57.6 Å². The lowest BCUT2D eigenvalue weighted by Crippen LogP contribution is -2.37. The average Bonchev–Trinajstić information content (AvgIpc) is 2.27. The number of hydrogen-bond donors (Lipinski definition) is 1. The van der Waals surface area contributed by atoms with Gasteiger partial charge < -0.3 is 10.0 Å². The number of rotatable bonds is 6. The summed E-state index contributed by atoms with van der Waals surface area (Å²) < 4.78 is 24.1. The van der Waals surface area contributed by atoms with Gasteiger partial charge >= 0.3 is 0 Å². The van der Waals surface area contributed by atoms with Crippen molar-refractivity contribution >= 4 is 9.84 Å². The number of hydrogen-bond acceptors (Lipinski definition) is 4. The Balaban J connectivity index is 3.17. The lowest BCUT2D eigenvalue weighted by atomic mass is 9.92. The number of sulfone groups is 1. The molecule has 4 nitrogen and oxygen atoms in total. The highest BCUT2D eigenvalue weighted by Crippen LogP contribution is 2.30. The molecule has 0 fully saturated rings. The highest BCUT2D eigenvalue weighted by molar-refractivity contribution is 7.91. The smallest absolute Gasteiger partial charge is 0.152 e. The minimum absolute atomic E-state index is 0.107. The van der Waals surface area contributed by atoms with Crippen LogP contribution in [0.2, 0.25) is 0 Å². The first kappa shape index (κ1) is 16.0. The third-order valence-electron chi connectivity index (χ3n) is 3.28. The zero-order valence-electron chi connectivity index (χ0n) is 12.0. The fourth-order valence-electron chi connectivity index (χ4n) is 2.39. The minimum atomic E-state index is -3.16. The van der Waals surface area contributed by atoms with Crippen LogP contribution in [0.5, 0.6) is 5.75 Å². The molecule has 19 heavy (non-hydrogen) atoms. The second-order valence-corrected chi connectivity index (χ2v) is 7.50. The van der Waals surface area contributed by atoms with E-state index in [0.717, 1.165) is 12.0 Å². The Morgan fingerprint density at radius 1 is 1.32 bits per heavy atom. The van der Waals surface area contributed by atoms with E-state index in [0.29, 0.717) is 6.54 Å². The van der Waals surface area contributed by atoms with Crippen LogP contribution in [0.4, 0.5) is 0 Å². The normalized spacial score (nSPS) is 15.4. The standard InChI is InChI=1S/C14H23NO3S/c1-5-13(11-7-6-8-12(16)9-11)14(10-15(2)3)19(4,17)18/h6-9,13-14,16H,5,10H2,1-4H3. The minimum Gasteiger partial charge on any atom is -0.508 e. The summed E-state index contributed by atoms with van der Waals surface area (Å²) in [5.74, 6) is 0.0672. The summed E-state index contributed by atoms with van der Waals surface area (Å²) >= 11 is 0. The van der Waals surface area contributed by atoms with E-state index in [-0.39, 0.29) is 11.7 Å². The van der Waals surface area contributed by atoms with E-state index >= 15 is 0 Å². The van der Waals surface area contributed by atoms with Crippen LogP contribution in [0, 0.1) is 0 Å². The van der Waals surface area contributed by atoms with E-state index < -0.39 is 15.1 Å². The van der Waals surface area contributed by atoms with Gasteiger partial charge in [0.25, 0.3) is 0 Å². The maximum atomic E-state index is 12.0. The fraction of sp³-hybridized carbons (Fsp3) is 0.571. The average molecular weight is 285 g/mol. The molecule has 0 saturated heterocycles. The molecule has 1 aromatic carbocycles. The molecule has 1 N–H and O–H groups in total. The molecule has 2 atom stereocenters. The third-order valence-corrected chi connectivity index (χ3v) is 4.86. The SMILES string of the molecule is CCC(c1cccc(O)c1)C(CN(C)C)S(C)(=O)=O. The summed E-state index contributed by atoms with van der Waals surface area (Å²) in [6.07, 6.45) is 2.00. The highest BCUT2D eigenvalue weighted by Gasteiger charge is 2.30. The number of benzene rings is 1. The molecule has 5 heteroatoms. The largest absolute Gasteiger partial charge is 0.508 e. The molecule has 0 aliphatic rings. The number of nitrogens with zero attached hydrogens (tertiary/aromatic N) is 1. The van der Waals surface area contributed by atoms with Gasteiger partial charge in [-0.25, -0.2) is 8.42 Å². The molecule has 0 aliphatic carbocycles. The molecule has 0 bridgehead atoms. The Kier molecular flexibility index (Phi) is 5.38. The number of phenols is 1. The van der Waals surface area contributed by atoms with Crippen molar-refractivity contribution in [1.29, 1.82) is 0 Å². The van der Waals surface area contributed by atoms with Gasteiger partial charge in [0.1, 0.15) is 5.75 Å². The van der Waals surface area contributed by atoms with Gasteiger partial charge in [0.15, 0.2) is 9.84 Å². The molecule has 1 aromatic rings. The summed E-state index contributed by atoms with van der Waals surface area (Å²) in [4.78, 5) is 1.89. The molecule has 2 unspecified atom stereocenters. The van der Waals surface area contributed by atoms with Crippen LogP contribution in [-0.4, -0.2) is 50.6 Å². The van der Waals surface area contributed by atoms with Crippen LogP contribution < -0.4 is 0 Å². The zero-order valence-corrected chi connectivity index (χ0v) is 12.8. The Labute approximate surface area is 116 Å². The van der Waals surface area contributed by atoms with Crippen LogP contribution in [0.15, 0.2) is 24.3 Å². The Bertz CT molecular complexity index is 511. The quantitative estimate of drug-likeness (QED) is 0.867. The van der Waals surface area contributed by atoms with Crippen LogP contribution in [0.3, 0.4) is 0 Å². The summed E-state index contributed by atoms with van der Waals surface area (Å²) in [6, 6.07) is 6.88. The van der Waals surface area contributed by atoms with Crippen molar-refractivity contribution in [1.82, 2.24) is 4.90 Å². The van der Waals surface area contributed by atoms with Crippen molar-refractivity contribution in [3.63, 3.8) is 0 Å². The van der Waals surface area contributed by atoms with E-state index in [2.05, 4.69) is 0 Å². The number of aromatic hydroxyl groups is 1. The first-order valence-corrected chi connectivity index (χ1v) is 8.33. The number of phenolic OH excluding ortho intramolecular Hbond substituents is 1. The monoisotopic (exact) mass is 285 g/mol. The van der Waals surface area contributed by atoms with Crippen LogP contribution in [0.25, 0.3) is 0 Å². The molecule has 0 aromatic heterocycles. The van der Waals surface area contributed by atoms with E-state index in [9.17, 15) is 13.5 Å². The lowest BCUT2D eigenvalue weighted by Gasteiger charge is -2.27. The summed E-state index contributed by atoms with van der Waals surface area (Å²) in [6.45, 7) is 2.45. The van der Waals surface area contributed by atoms with Crippen molar-refractivity contribution in [2.24, 2.45) is 0 Å². The van der Waals surface area contributed by atoms with Gasteiger partial charge in [0.05, 0.1) is 5.25 Å². The highest BCUT2D eigenvalue weighted by atomic mass is 32.2. The van der Waals surface area contributed by atoms with Crippen LogP contribution in [0.1, 0.15) is 24.8 Å². The summed E-state index contributed by atoms with van der Waals surface area (Å²) in [5.41, 5.74) is 0.875. The van der Waals surface area contributed by atoms with E-state index in [1.165, 1.54) is 6.26 Å². The van der Waals surface area contributed by atoms with Gasteiger partial charge in [-0.1, -0.05) is 19.1 Å². The molecule has 0 radical (unpaired) electrons.